The van der Waals surface area contributed by atoms with E-state index in [1.54, 1.807) is 11.0 Å². The highest BCUT2D eigenvalue weighted by atomic mass is 79.9. The number of halogens is 3. The molecule has 4 rings (SSSR count). The number of carbonyl (C=O) groups is 3. The van der Waals surface area contributed by atoms with Crippen LogP contribution in [0.1, 0.15) is 48.1 Å². The van der Waals surface area contributed by atoms with E-state index in [1.165, 1.54) is 37.5 Å². The van der Waals surface area contributed by atoms with Crippen molar-refractivity contribution >= 4 is 45.8 Å². The molecule has 0 unspecified atom stereocenters. The van der Waals surface area contributed by atoms with Crippen LogP contribution in [0.5, 0.6) is 0 Å². The molecule has 0 bridgehead atoms. The SMILES string of the molecule is COCCC(=O)N1CCC(NC(=O)/C=C/c2ccc(F)c(Br)c2)(C(=O)NCCc2c[nH]c3c2C=C(F)CC3)CC1. The average Bonchev–Trinajstić information content (AvgIpc) is 3.34. The number of aryl methyl sites for hydroxylation is 1. The average molecular weight is 620 g/mol. The molecule has 3 N–H and O–H groups in total. The van der Waals surface area contributed by atoms with E-state index in [1.807, 2.05) is 6.20 Å². The summed E-state index contributed by atoms with van der Waals surface area (Å²) in [5.74, 6) is -1.46. The molecule has 0 spiro atoms. The molecule has 8 nitrogen and oxygen atoms in total. The summed E-state index contributed by atoms with van der Waals surface area (Å²) in [6.45, 7) is 1.22. The second-order valence-corrected chi connectivity index (χ2v) is 10.9. The molecule has 1 fully saturated rings. The first kappa shape index (κ1) is 29.7. The van der Waals surface area contributed by atoms with Crippen LogP contribution < -0.4 is 10.6 Å². The fraction of sp³-hybridized carbons (Fsp3) is 0.414. The van der Waals surface area contributed by atoms with Crippen molar-refractivity contribution < 1.29 is 27.9 Å². The molecule has 3 amide bonds. The lowest BCUT2D eigenvalue weighted by atomic mass is 9.85. The van der Waals surface area contributed by atoms with Crippen molar-refractivity contribution in [1.29, 1.82) is 0 Å². The van der Waals surface area contributed by atoms with Gasteiger partial charge in [0.1, 0.15) is 17.2 Å². The third kappa shape index (κ3) is 7.25. The normalized spacial score (nSPS) is 16.4. The predicted octanol–water partition coefficient (Wildman–Crippen LogP) is 4.06. The second kappa shape index (κ2) is 13.4. The van der Waals surface area contributed by atoms with Crippen molar-refractivity contribution in [2.45, 2.75) is 44.1 Å². The molecular weight excluding hydrogens is 586 g/mol. The number of aromatic amines is 1. The Bertz CT molecular complexity index is 1320. The number of amides is 3. The highest BCUT2D eigenvalue weighted by Gasteiger charge is 2.43. The van der Waals surface area contributed by atoms with Crippen LogP contribution in [0.15, 0.2) is 40.8 Å². The van der Waals surface area contributed by atoms with Crippen molar-refractivity contribution in [1.82, 2.24) is 20.5 Å². The van der Waals surface area contributed by atoms with Crippen molar-refractivity contribution in [3.63, 3.8) is 0 Å². The third-order valence-corrected chi connectivity index (χ3v) is 7.95. The Morgan fingerprint density at radius 3 is 2.70 bits per heavy atom. The van der Waals surface area contributed by atoms with E-state index in [4.69, 9.17) is 4.74 Å². The smallest absolute Gasteiger partial charge is 0.245 e. The largest absolute Gasteiger partial charge is 0.384 e. The van der Waals surface area contributed by atoms with Gasteiger partial charge in [-0.05, 0) is 77.0 Å². The molecule has 214 valence electrons. The summed E-state index contributed by atoms with van der Waals surface area (Å²) < 4.78 is 32.7. The molecule has 1 aliphatic carbocycles. The van der Waals surface area contributed by atoms with Gasteiger partial charge in [0.25, 0.3) is 0 Å². The molecule has 1 aliphatic heterocycles. The number of H-pyrrole nitrogens is 1. The quantitative estimate of drug-likeness (QED) is 0.349. The molecule has 1 aromatic heterocycles. The number of nitrogens with one attached hydrogen (secondary N) is 3. The number of ether oxygens (including phenoxy) is 1. The minimum atomic E-state index is -1.22. The number of aromatic nitrogens is 1. The Morgan fingerprint density at radius 1 is 1.20 bits per heavy atom. The Morgan fingerprint density at radius 2 is 1.98 bits per heavy atom. The first-order valence-corrected chi connectivity index (χ1v) is 14.1. The molecule has 1 aromatic carbocycles. The zero-order chi connectivity index (χ0) is 28.7. The summed E-state index contributed by atoms with van der Waals surface area (Å²) >= 11 is 3.13. The highest BCUT2D eigenvalue weighted by Crippen LogP contribution is 2.28. The summed E-state index contributed by atoms with van der Waals surface area (Å²) in [7, 11) is 1.53. The third-order valence-electron chi connectivity index (χ3n) is 7.34. The Kier molecular flexibility index (Phi) is 9.91. The van der Waals surface area contributed by atoms with Crippen LogP contribution in [0.2, 0.25) is 0 Å². The number of carbonyl (C=O) groups excluding carboxylic acids is 3. The van der Waals surface area contributed by atoms with Crippen molar-refractivity contribution in [2.24, 2.45) is 0 Å². The molecule has 0 atom stereocenters. The van der Waals surface area contributed by atoms with Crippen molar-refractivity contribution in [3.8, 4) is 0 Å². The first-order chi connectivity index (χ1) is 19.2. The molecule has 2 aromatic rings. The van der Waals surface area contributed by atoms with Gasteiger partial charge in [-0.3, -0.25) is 14.4 Å². The van der Waals surface area contributed by atoms with Crippen LogP contribution in [0, 0.1) is 5.82 Å². The number of methoxy groups -OCH3 is 1. The lowest BCUT2D eigenvalue weighted by Gasteiger charge is -2.41. The van der Waals surface area contributed by atoms with E-state index in [0.717, 1.165) is 16.8 Å². The Hall–Kier alpha value is -3.31. The maximum atomic E-state index is 13.8. The number of allylic oxidation sites excluding steroid dienone is 1. The molecule has 1 saturated heterocycles. The number of rotatable bonds is 10. The molecule has 0 radical (unpaired) electrons. The van der Waals surface area contributed by atoms with Crippen LogP contribution in [0.25, 0.3) is 12.2 Å². The van der Waals surface area contributed by atoms with Crippen molar-refractivity contribution in [2.75, 3.05) is 33.4 Å². The predicted molar refractivity (Wildman–Crippen MR) is 151 cm³/mol. The summed E-state index contributed by atoms with van der Waals surface area (Å²) in [6.07, 6.45) is 8.43. The first-order valence-electron chi connectivity index (χ1n) is 13.3. The molecule has 11 heteroatoms. The van der Waals surface area contributed by atoms with Gasteiger partial charge in [-0.1, -0.05) is 6.07 Å². The molecular formula is C29H33BrF2N4O4. The maximum Gasteiger partial charge on any atom is 0.245 e. The van der Waals surface area contributed by atoms with Gasteiger partial charge in [0.15, 0.2) is 0 Å². The van der Waals surface area contributed by atoms with Gasteiger partial charge < -0.3 is 25.3 Å². The van der Waals surface area contributed by atoms with Crippen LogP contribution in [-0.4, -0.2) is 66.5 Å². The molecule has 0 saturated carbocycles. The van der Waals surface area contributed by atoms with E-state index in [0.29, 0.717) is 51.1 Å². The van der Waals surface area contributed by atoms with Gasteiger partial charge in [-0.25, -0.2) is 8.78 Å². The lowest BCUT2D eigenvalue weighted by Crippen LogP contribution is -2.63. The van der Waals surface area contributed by atoms with Gasteiger partial charge in [0.05, 0.1) is 17.5 Å². The van der Waals surface area contributed by atoms with Gasteiger partial charge in [-0.2, -0.15) is 0 Å². The minimum Gasteiger partial charge on any atom is -0.384 e. The van der Waals surface area contributed by atoms with Gasteiger partial charge in [-0.15, -0.1) is 0 Å². The number of hydrogen-bond acceptors (Lipinski definition) is 4. The highest BCUT2D eigenvalue weighted by molar-refractivity contribution is 9.10. The van der Waals surface area contributed by atoms with Crippen LogP contribution in [0.4, 0.5) is 8.78 Å². The summed E-state index contributed by atoms with van der Waals surface area (Å²) in [4.78, 5) is 43.8. The Balaban J connectivity index is 1.43. The van der Waals surface area contributed by atoms with Gasteiger partial charge in [0.2, 0.25) is 17.7 Å². The maximum absolute atomic E-state index is 13.8. The van der Waals surface area contributed by atoms with Crippen LogP contribution in [0.3, 0.4) is 0 Å². The Labute approximate surface area is 240 Å². The molecule has 2 heterocycles. The van der Waals surface area contributed by atoms with E-state index >= 15 is 0 Å². The van der Waals surface area contributed by atoms with E-state index in [2.05, 4.69) is 31.5 Å². The topological polar surface area (TPSA) is 104 Å². The summed E-state index contributed by atoms with van der Waals surface area (Å²) in [5.41, 5.74) is 2.13. The fourth-order valence-electron chi connectivity index (χ4n) is 5.03. The minimum absolute atomic E-state index is 0.0681. The number of piperidine rings is 1. The zero-order valence-corrected chi connectivity index (χ0v) is 23.9. The number of hydrogen-bond donors (Lipinski definition) is 3. The van der Waals surface area contributed by atoms with Gasteiger partial charge in [0, 0.05) is 56.7 Å². The standard InChI is InChI=1S/C29H33BrF2N4O4/c1-40-15-9-27(38)36-13-10-29(11-14-36,35-26(37)7-3-19-2-5-24(32)23(30)16-19)28(39)33-12-8-20-18-34-25-6-4-21(31)17-22(20)25/h2-3,5,7,16-18,34H,4,6,8-15H2,1H3,(H,33,39)(H,35,37)/b7-3+. The summed E-state index contributed by atoms with van der Waals surface area (Å²) in [6, 6.07) is 4.38. The second-order valence-electron chi connectivity index (χ2n) is 10.0. The number of benzene rings is 1. The fourth-order valence-corrected chi connectivity index (χ4v) is 5.43. The van der Waals surface area contributed by atoms with Gasteiger partial charge >= 0.3 is 0 Å². The van der Waals surface area contributed by atoms with Crippen LogP contribution in [-0.2, 0) is 32.0 Å². The van der Waals surface area contributed by atoms with E-state index in [9.17, 15) is 23.2 Å². The van der Waals surface area contributed by atoms with Crippen LogP contribution >= 0.6 is 15.9 Å². The number of likely N-dealkylation sites (tertiary alicyclic amines) is 1. The van der Waals surface area contributed by atoms with E-state index in [-0.39, 0.29) is 41.4 Å². The van der Waals surface area contributed by atoms with E-state index < -0.39 is 17.3 Å². The zero-order valence-electron chi connectivity index (χ0n) is 22.3. The number of nitrogens with zero attached hydrogens (tertiary/aromatic N) is 1. The molecule has 2 aliphatic rings. The van der Waals surface area contributed by atoms with Crippen molar-refractivity contribution in [3.05, 3.63) is 69.0 Å². The number of fused-ring (bicyclic) bond motifs is 1. The monoisotopic (exact) mass is 618 g/mol. The molecule has 40 heavy (non-hydrogen) atoms. The lowest BCUT2D eigenvalue weighted by molar-refractivity contribution is -0.139. The summed E-state index contributed by atoms with van der Waals surface area (Å²) in [5, 5.41) is 5.82.